The van der Waals surface area contributed by atoms with Crippen LogP contribution in [0.15, 0.2) is 29.3 Å². The summed E-state index contributed by atoms with van der Waals surface area (Å²) in [6.07, 6.45) is 0.836. The van der Waals surface area contributed by atoms with Crippen LogP contribution in [0, 0.1) is 0 Å². The lowest BCUT2D eigenvalue weighted by atomic mass is 10.1. The molecule has 0 aliphatic carbocycles. The summed E-state index contributed by atoms with van der Waals surface area (Å²) in [4.78, 5) is 20.9. The van der Waals surface area contributed by atoms with E-state index in [0.717, 1.165) is 49.7 Å². The number of amides is 1. The van der Waals surface area contributed by atoms with Gasteiger partial charge in [-0.25, -0.2) is 0 Å². The fourth-order valence-corrected chi connectivity index (χ4v) is 3.18. The summed E-state index contributed by atoms with van der Waals surface area (Å²) in [6.45, 7) is 14.3. The van der Waals surface area contributed by atoms with Crippen LogP contribution >= 0.6 is 24.0 Å². The number of hydrogen-bond donors (Lipinski definition) is 2. The third-order valence-corrected chi connectivity index (χ3v) is 4.59. The Kier molecular flexibility index (Phi) is 13.9. The van der Waals surface area contributed by atoms with Gasteiger partial charge >= 0.3 is 0 Å². The zero-order chi connectivity index (χ0) is 21.1. The molecule has 1 rings (SSSR count). The molecule has 0 fully saturated rings. The molecular formula is C22H40IN5O. The van der Waals surface area contributed by atoms with Crippen molar-refractivity contribution in [2.24, 2.45) is 4.99 Å². The zero-order valence-corrected chi connectivity index (χ0v) is 21.5. The summed E-state index contributed by atoms with van der Waals surface area (Å²) in [5.74, 6) is 0.875. The first-order chi connectivity index (χ1) is 13.3. The maximum absolute atomic E-state index is 12.1. The minimum absolute atomic E-state index is 0. The van der Waals surface area contributed by atoms with E-state index in [1.54, 1.807) is 19.0 Å². The molecule has 0 aromatic heterocycles. The van der Waals surface area contributed by atoms with Crippen LogP contribution < -0.4 is 10.6 Å². The summed E-state index contributed by atoms with van der Waals surface area (Å²) in [5.41, 5.74) is 1.87. The highest BCUT2D eigenvalue weighted by atomic mass is 127. The quantitative estimate of drug-likeness (QED) is 0.284. The van der Waals surface area contributed by atoms with Gasteiger partial charge in [0.2, 0.25) is 0 Å². The van der Waals surface area contributed by atoms with Crippen molar-refractivity contribution in [3.8, 4) is 0 Å². The molecule has 29 heavy (non-hydrogen) atoms. The van der Waals surface area contributed by atoms with E-state index in [9.17, 15) is 4.79 Å². The van der Waals surface area contributed by atoms with Gasteiger partial charge in [-0.15, -0.1) is 24.0 Å². The number of nitrogens with zero attached hydrogens (tertiary/aromatic N) is 3. The van der Waals surface area contributed by atoms with Gasteiger partial charge in [0.25, 0.3) is 5.91 Å². The van der Waals surface area contributed by atoms with Gasteiger partial charge < -0.3 is 15.5 Å². The molecule has 0 unspecified atom stereocenters. The largest absolute Gasteiger partial charge is 0.357 e. The van der Waals surface area contributed by atoms with Gasteiger partial charge in [-0.05, 0) is 58.7 Å². The predicted octanol–water partition coefficient (Wildman–Crippen LogP) is 3.22. The molecule has 0 spiro atoms. The van der Waals surface area contributed by atoms with Crippen LogP contribution in [0.25, 0.3) is 0 Å². The van der Waals surface area contributed by atoms with Gasteiger partial charge in [-0.3, -0.25) is 14.7 Å². The Morgan fingerprint density at radius 2 is 1.76 bits per heavy atom. The third kappa shape index (κ3) is 10.3. The van der Waals surface area contributed by atoms with Crippen LogP contribution in [0.1, 0.15) is 50.5 Å². The Bertz CT molecular complexity index is 623. The second kappa shape index (κ2) is 14.6. The van der Waals surface area contributed by atoms with Gasteiger partial charge in [0.1, 0.15) is 0 Å². The number of carbonyl (C=O) groups excluding carboxylic acids is 1. The molecule has 0 aliphatic rings. The normalized spacial score (nSPS) is 11.6. The van der Waals surface area contributed by atoms with Crippen molar-refractivity contribution < 1.29 is 4.79 Å². The number of hydrogen-bond acceptors (Lipinski definition) is 3. The number of carbonyl (C=O) groups is 1. The Labute approximate surface area is 194 Å². The number of aliphatic imine (C=N–C) groups is 1. The van der Waals surface area contributed by atoms with Crippen molar-refractivity contribution in [1.82, 2.24) is 20.4 Å². The summed E-state index contributed by atoms with van der Waals surface area (Å²) < 4.78 is 0. The van der Waals surface area contributed by atoms with Gasteiger partial charge in [0.15, 0.2) is 5.96 Å². The van der Waals surface area contributed by atoms with Crippen molar-refractivity contribution >= 4 is 35.8 Å². The molecule has 0 aliphatic heterocycles. The first-order valence-electron chi connectivity index (χ1n) is 10.3. The van der Waals surface area contributed by atoms with E-state index < -0.39 is 0 Å². The molecule has 2 N–H and O–H groups in total. The molecule has 0 atom stereocenters. The molecule has 0 saturated carbocycles. The molecule has 1 aromatic carbocycles. The van der Waals surface area contributed by atoms with Crippen molar-refractivity contribution in [3.63, 3.8) is 0 Å². The smallest absolute Gasteiger partial charge is 0.253 e. The molecule has 0 heterocycles. The number of benzene rings is 1. The van der Waals surface area contributed by atoms with Gasteiger partial charge in [0.05, 0.1) is 6.54 Å². The molecule has 1 aromatic rings. The lowest BCUT2D eigenvalue weighted by Gasteiger charge is -2.29. The highest BCUT2D eigenvalue weighted by Crippen LogP contribution is 2.08. The highest BCUT2D eigenvalue weighted by Gasteiger charge is 2.12. The fraction of sp³-hybridized carbons (Fsp3) is 0.636. The second-order valence-electron chi connectivity index (χ2n) is 7.76. The number of halogens is 1. The van der Waals surface area contributed by atoms with Crippen LogP contribution in [0.3, 0.4) is 0 Å². The molecule has 7 heteroatoms. The fourth-order valence-electron chi connectivity index (χ4n) is 3.18. The zero-order valence-electron chi connectivity index (χ0n) is 19.2. The molecule has 166 valence electrons. The Balaban J connectivity index is 0.00000784. The van der Waals surface area contributed by atoms with E-state index in [1.807, 2.05) is 18.2 Å². The van der Waals surface area contributed by atoms with E-state index in [1.165, 1.54) is 0 Å². The van der Waals surface area contributed by atoms with E-state index >= 15 is 0 Å². The molecule has 1 amide bonds. The average Bonchev–Trinajstić information content (AvgIpc) is 2.64. The molecule has 0 bridgehead atoms. The Hall–Kier alpha value is -1.35. The Morgan fingerprint density at radius 3 is 2.31 bits per heavy atom. The summed E-state index contributed by atoms with van der Waals surface area (Å²) in [7, 11) is 3.55. The van der Waals surface area contributed by atoms with E-state index in [4.69, 9.17) is 4.99 Å². The number of nitrogens with one attached hydrogen (secondary N) is 2. The summed E-state index contributed by atoms with van der Waals surface area (Å²) in [5, 5.41) is 6.70. The molecular weight excluding hydrogens is 477 g/mol. The highest BCUT2D eigenvalue weighted by molar-refractivity contribution is 14.0. The van der Waals surface area contributed by atoms with Crippen molar-refractivity contribution in [3.05, 3.63) is 35.4 Å². The molecule has 0 radical (unpaired) electrons. The third-order valence-electron chi connectivity index (χ3n) is 4.59. The maximum atomic E-state index is 12.1. The minimum atomic E-state index is 0. The van der Waals surface area contributed by atoms with Crippen molar-refractivity contribution in [2.75, 3.05) is 40.3 Å². The lowest BCUT2D eigenvalue weighted by molar-refractivity contribution is 0.0827. The van der Waals surface area contributed by atoms with E-state index in [2.05, 4.69) is 56.2 Å². The first-order valence-corrected chi connectivity index (χ1v) is 10.3. The van der Waals surface area contributed by atoms with E-state index in [0.29, 0.717) is 12.1 Å². The monoisotopic (exact) mass is 517 g/mol. The maximum Gasteiger partial charge on any atom is 0.253 e. The van der Waals surface area contributed by atoms with E-state index in [-0.39, 0.29) is 29.9 Å². The number of rotatable bonds is 10. The first kappa shape index (κ1) is 27.6. The topological polar surface area (TPSA) is 60.0 Å². The minimum Gasteiger partial charge on any atom is -0.357 e. The van der Waals surface area contributed by atoms with Gasteiger partial charge in [-0.1, -0.05) is 12.1 Å². The summed E-state index contributed by atoms with van der Waals surface area (Å²) >= 11 is 0. The number of guanidine groups is 1. The van der Waals surface area contributed by atoms with Gasteiger partial charge in [0, 0.05) is 51.4 Å². The molecule has 0 saturated heterocycles. The Morgan fingerprint density at radius 1 is 1.10 bits per heavy atom. The average molecular weight is 518 g/mol. The van der Waals surface area contributed by atoms with Crippen molar-refractivity contribution in [2.45, 2.75) is 53.1 Å². The van der Waals surface area contributed by atoms with Crippen molar-refractivity contribution in [1.29, 1.82) is 0 Å². The standard InChI is InChI=1S/C22H39N5O.HI/c1-8-23-22(25-14-15-27(17(2)3)18(4)5)24-13-12-19-10-9-11-20(16-19)21(28)26(6)7;/h9-11,16-18H,8,12-15H2,1-7H3,(H2,23,24,25);1H. The van der Waals surface area contributed by atoms with Crippen LogP contribution in [-0.4, -0.2) is 74.0 Å². The van der Waals surface area contributed by atoms with Crippen LogP contribution in [0.2, 0.25) is 0 Å². The van der Waals surface area contributed by atoms with Crippen LogP contribution in [0.4, 0.5) is 0 Å². The SMILES string of the molecule is CCNC(=NCCN(C(C)C)C(C)C)NCCc1cccc(C(=O)N(C)C)c1.I. The predicted molar refractivity (Wildman–Crippen MR) is 135 cm³/mol. The lowest BCUT2D eigenvalue weighted by Crippen LogP contribution is -2.41. The van der Waals surface area contributed by atoms with Crippen LogP contribution in [-0.2, 0) is 6.42 Å². The van der Waals surface area contributed by atoms with Gasteiger partial charge in [-0.2, -0.15) is 0 Å². The molecule has 6 nitrogen and oxygen atoms in total. The summed E-state index contributed by atoms with van der Waals surface area (Å²) in [6, 6.07) is 8.86. The second-order valence-corrected chi connectivity index (χ2v) is 7.76. The van der Waals surface area contributed by atoms with Crippen LogP contribution in [0.5, 0.6) is 0 Å².